The Hall–Kier alpha value is -2.31. The van der Waals surface area contributed by atoms with E-state index in [4.69, 9.17) is 15.2 Å². The summed E-state index contributed by atoms with van der Waals surface area (Å²) in [6.45, 7) is 6.55. The second-order valence-corrected chi connectivity index (χ2v) is 4.30. The van der Waals surface area contributed by atoms with Crippen molar-refractivity contribution in [2.24, 2.45) is 5.73 Å². The van der Waals surface area contributed by atoms with Crippen molar-refractivity contribution in [2.45, 2.75) is 33.8 Å². The number of hydrogen-bond donors (Lipinski definition) is 2. The number of aromatic nitrogens is 1. The molecule has 0 aliphatic carbocycles. The van der Waals surface area contributed by atoms with Gasteiger partial charge in [0.05, 0.1) is 12.2 Å². The molecular formula is C13H18N2O5. The fourth-order valence-electron chi connectivity index (χ4n) is 1.74. The van der Waals surface area contributed by atoms with E-state index in [1.165, 1.54) is 6.92 Å². The highest BCUT2D eigenvalue weighted by Crippen LogP contribution is 2.20. The Kier molecular flexibility index (Phi) is 4.90. The van der Waals surface area contributed by atoms with Crippen LogP contribution in [0.25, 0.3) is 0 Å². The van der Waals surface area contributed by atoms with Gasteiger partial charge in [0.1, 0.15) is 5.69 Å². The van der Waals surface area contributed by atoms with Crippen LogP contribution < -0.4 is 5.73 Å². The van der Waals surface area contributed by atoms with Crippen LogP contribution in [0.1, 0.15) is 46.0 Å². The minimum atomic E-state index is -1.04. The lowest BCUT2D eigenvalue weighted by atomic mass is 10.1. The van der Waals surface area contributed by atoms with Crippen LogP contribution in [-0.2, 0) is 14.3 Å². The quantitative estimate of drug-likeness (QED) is 0.777. The molecule has 20 heavy (non-hydrogen) atoms. The average molecular weight is 282 g/mol. The molecule has 110 valence electrons. The third-order valence-electron chi connectivity index (χ3n) is 2.81. The molecule has 0 aromatic carbocycles. The van der Waals surface area contributed by atoms with Gasteiger partial charge in [-0.2, -0.15) is 0 Å². The molecule has 1 rings (SSSR count). The van der Waals surface area contributed by atoms with Crippen LogP contribution >= 0.6 is 0 Å². The Morgan fingerprint density at radius 3 is 2.35 bits per heavy atom. The van der Waals surface area contributed by atoms with Crippen molar-refractivity contribution in [1.82, 2.24) is 4.98 Å². The standard InChI is InChI=1S/C13H18N2O5/c1-5-19-12(17)9-6(2)10(15-7(9)3)13(18)20-8(4)11(14)16/h8,15H,5H2,1-4H3,(H2,14,16). The number of nitrogens with two attached hydrogens (primary N) is 1. The fourth-order valence-corrected chi connectivity index (χ4v) is 1.74. The summed E-state index contributed by atoms with van der Waals surface area (Å²) in [6, 6.07) is 0. The van der Waals surface area contributed by atoms with Crippen LogP contribution in [-0.4, -0.2) is 35.5 Å². The van der Waals surface area contributed by atoms with Gasteiger partial charge in [-0.15, -0.1) is 0 Å². The summed E-state index contributed by atoms with van der Waals surface area (Å²) in [4.78, 5) is 37.3. The summed E-state index contributed by atoms with van der Waals surface area (Å²) in [6.07, 6.45) is -1.04. The Morgan fingerprint density at radius 2 is 1.85 bits per heavy atom. The molecule has 7 heteroatoms. The first-order valence-corrected chi connectivity index (χ1v) is 6.16. The summed E-state index contributed by atoms with van der Waals surface area (Å²) < 4.78 is 9.81. The lowest BCUT2D eigenvalue weighted by Gasteiger charge is -2.09. The third kappa shape index (κ3) is 3.17. The normalized spacial score (nSPS) is 11.8. The van der Waals surface area contributed by atoms with Gasteiger partial charge in [0.2, 0.25) is 0 Å². The molecule has 1 aromatic heterocycles. The second-order valence-electron chi connectivity index (χ2n) is 4.30. The maximum Gasteiger partial charge on any atom is 0.355 e. The first-order chi connectivity index (χ1) is 9.29. The van der Waals surface area contributed by atoms with Gasteiger partial charge >= 0.3 is 11.9 Å². The second kappa shape index (κ2) is 6.23. The summed E-state index contributed by atoms with van der Waals surface area (Å²) in [5.41, 5.74) is 6.35. The van der Waals surface area contributed by atoms with Crippen molar-refractivity contribution in [3.63, 3.8) is 0 Å². The van der Waals surface area contributed by atoms with E-state index in [-0.39, 0.29) is 12.3 Å². The molecule has 1 atom stereocenters. The predicted octanol–water partition coefficient (Wildman–Crippen LogP) is 0.839. The number of nitrogens with one attached hydrogen (secondary N) is 1. The van der Waals surface area contributed by atoms with Gasteiger partial charge in [-0.3, -0.25) is 4.79 Å². The maximum absolute atomic E-state index is 11.9. The van der Waals surface area contributed by atoms with E-state index in [9.17, 15) is 14.4 Å². The van der Waals surface area contributed by atoms with E-state index in [0.717, 1.165) is 0 Å². The minimum Gasteiger partial charge on any atom is -0.462 e. The van der Waals surface area contributed by atoms with Crippen LogP contribution in [0.5, 0.6) is 0 Å². The number of hydrogen-bond acceptors (Lipinski definition) is 5. The van der Waals surface area contributed by atoms with Gasteiger partial charge in [-0.25, -0.2) is 9.59 Å². The number of aromatic amines is 1. The average Bonchev–Trinajstić information content (AvgIpc) is 2.64. The van der Waals surface area contributed by atoms with Crippen molar-refractivity contribution in [3.05, 3.63) is 22.5 Å². The van der Waals surface area contributed by atoms with Crippen molar-refractivity contribution < 1.29 is 23.9 Å². The maximum atomic E-state index is 11.9. The highest BCUT2D eigenvalue weighted by Gasteiger charge is 2.25. The van der Waals surface area contributed by atoms with E-state index in [1.54, 1.807) is 20.8 Å². The summed E-state index contributed by atoms with van der Waals surface area (Å²) >= 11 is 0. The molecule has 0 saturated heterocycles. The molecule has 0 aliphatic heterocycles. The van der Waals surface area contributed by atoms with Gasteiger partial charge in [0, 0.05) is 5.69 Å². The van der Waals surface area contributed by atoms with Gasteiger partial charge in [0.15, 0.2) is 6.10 Å². The first-order valence-electron chi connectivity index (χ1n) is 6.16. The Balaban J connectivity index is 3.04. The molecule has 1 amide bonds. The van der Waals surface area contributed by atoms with E-state index in [0.29, 0.717) is 16.8 Å². The molecule has 0 saturated carbocycles. The van der Waals surface area contributed by atoms with Crippen LogP contribution in [0.4, 0.5) is 0 Å². The van der Waals surface area contributed by atoms with Gasteiger partial charge in [-0.1, -0.05) is 0 Å². The van der Waals surface area contributed by atoms with Crippen LogP contribution in [0.2, 0.25) is 0 Å². The molecule has 0 fully saturated rings. The molecule has 7 nitrogen and oxygen atoms in total. The molecule has 1 aromatic rings. The van der Waals surface area contributed by atoms with Crippen molar-refractivity contribution in [2.75, 3.05) is 6.61 Å². The lowest BCUT2D eigenvalue weighted by molar-refractivity contribution is -0.125. The van der Waals surface area contributed by atoms with E-state index in [2.05, 4.69) is 4.98 Å². The Morgan fingerprint density at radius 1 is 1.25 bits per heavy atom. The first kappa shape index (κ1) is 15.7. The lowest BCUT2D eigenvalue weighted by Crippen LogP contribution is -2.30. The zero-order valence-corrected chi connectivity index (χ0v) is 11.9. The highest BCUT2D eigenvalue weighted by atomic mass is 16.5. The SMILES string of the molecule is CCOC(=O)c1c(C)[nH]c(C(=O)OC(C)C(N)=O)c1C. The van der Waals surface area contributed by atoms with E-state index in [1.807, 2.05) is 0 Å². The molecular weight excluding hydrogens is 264 g/mol. The van der Waals surface area contributed by atoms with E-state index < -0.39 is 23.9 Å². The van der Waals surface area contributed by atoms with Crippen LogP contribution in [0.15, 0.2) is 0 Å². The third-order valence-corrected chi connectivity index (χ3v) is 2.81. The molecule has 1 heterocycles. The number of rotatable bonds is 5. The number of ether oxygens (including phenoxy) is 2. The number of carbonyl (C=O) groups is 3. The van der Waals surface area contributed by atoms with Gasteiger partial charge < -0.3 is 20.2 Å². The number of aryl methyl sites for hydroxylation is 1. The Bertz CT molecular complexity index is 547. The monoisotopic (exact) mass is 282 g/mol. The molecule has 0 radical (unpaired) electrons. The minimum absolute atomic E-state index is 0.110. The van der Waals surface area contributed by atoms with E-state index >= 15 is 0 Å². The van der Waals surface area contributed by atoms with Crippen molar-refractivity contribution in [1.29, 1.82) is 0 Å². The van der Waals surface area contributed by atoms with Gasteiger partial charge in [-0.05, 0) is 33.3 Å². The number of amides is 1. The number of primary amides is 1. The molecule has 0 bridgehead atoms. The van der Waals surface area contributed by atoms with Crippen molar-refractivity contribution in [3.8, 4) is 0 Å². The predicted molar refractivity (Wildman–Crippen MR) is 70.3 cm³/mol. The number of H-pyrrole nitrogens is 1. The van der Waals surface area contributed by atoms with Gasteiger partial charge in [0.25, 0.3) is 5.91 Å². The largest absolute Gasteiger partial charge is 0.462 e. The van der Waals surface area contributed by atoms with Crippen LogP contribution in [0.3, 0.4) is 0 Å². The fraction of sp³-hybridized carbons (Fsp3) is 0.462. The molecule has 1 unspecified atom stereocenters. The zero-order valence-electron chi connectivity index (χ0n) is 11.9. The molecule has 0 spiro atoms. The topological polar surface area (TPSA) is 111 Å². The number of carbonyl (C=O) groups excluding carboxylic acids is 3. The highest BCUT2D eigenvalue weighted by molar-refractivity contribution is 5.99. The smallest absolute Gasteiger partial charge is 0.355 e. The Labute approximate surface area is 116 Å². The summed E-state index contributed by atoms with van der Waals surface area (Å²) in [7, 11) is 0. The summed E-state index contributed by atoms with van der Waals surface area (Å²) in [5, 5.41) is 0. The molecule has 0 aliphatic rings. The van der Waals surface area contributed by atoms with Crippen LogP contribution in [0, 0.1) is 13.8 Å². The zero-order chi connectivity index (χ0) is 15.4. The summed E-state index contributed by atoms with van der Waals surface area (Å²) in [5.74, 6) is -2.00. The molecule has 3 N–H and O–H groups in total. The number of esters is 2. The van der Waals surface area contributed by atoms with Crippen molar-refractivity contribution >= 4 is 17.8 Å².